The van der Waals surface area contributed by atoms with Crippen molar-refractivity contribution in [3.63, 3.8) is 0 Å². The molecule has 0 heterocycles. The molecule has 0 amide bonds. The Morgan fingerprint density at radius 3 is 1.37 bits per heavy atom. The van der Waals surface area contributed by atoms with Crippen LogP contribution in [0.15, 0.2) is 53.0 Å². The third kappa shape index (κ3) is 9.59. The second-order valence-corrected chi connectivity index (χ2v) is 17.3. The maximum absolute atomic E-state index is 5.43. The monoisotopic (exact) mass is 467 g/mol. The molecule has 0 saturated carbocycles. The van der Waals surface area contributed by atoms with E-state index in [0.29, 0.717) is 11.8 Å². The summed E-state index contributed by atoms with van der Waals surface area (Å²) >= 11 is 0. The van der Waals surface area contributed by atoms with Gasteiger partial charge in [-0.05, 0) is 40.4 Å². The summed E-state index contributed by atoms with van der Waals surface area (Å²) in [5, 5.41) is 0.646. The Kier molecular flexibility index (Phi) is 13.7. The average molecular weight is 468 g/mol. The summed E-state index contributed by atoms with van der Waals surface area (Å²) in [6, 6.07) is 0. The van der Waals surface area contributed by atoms with E-state index in [2.05, 4.69) is 133 Å². The predicted octanol–water partition coefficient (Wildman–Crippen LogP) is 9.84. The van der Waals surface area contributed by atoms with Crippen LogP contribution in [-0.4, -0.2) is 15.5 Å². The van der Waals surface area contributed by atoms with Crippen molar-refractivity contribution in [2.24, 2.45) is 16.6 Å². The number of nitrogens with zero attached hydrogens (tertiary/aromatic N) is 1. The van der Waals surface area contributed by atoms with Gasteiger partial charge in [-0.2, -0.15) is 0 Å². The van der Waals surface area contributed by atoms with E-state index in [1.807, 2.05) is 0 Å². The summed E-state index contributed by atoms with van der Waals surface area (Å²) in [5.74, 6) is 1.33. The Hall–Kier alpha value is -0.0957. The molecule has 0 aromatic heterocycles. The van der Waals surface area contributed by atoms with Gasteiger partial charge in [0.25, 0.3) is 0 Å². The van der Waals surface area contributed by atoms with Crippen molar-refractivity contribution in [2.75, 3.05) is 0 Å². The largest absolute Gasteiger partial charge is 0.270 e. The molecule has 0 aromatic rings. The van der Waals surface area contributed by atoms with Crippen LogP contribution in [-0.2, 0) is 21.7 Å². The van der Waals surface area contributed by atoms with Crippen molar-refractivity contribution in [3.8, 4) is 0 Å². The molecule has 1 aliphatic rings. The van der Waals surface area contributed by atoms with Crippen LogP contribution < -0.4 is 0 Å². The molecule has 30 heavy (non-hydrogen) atoms. The fraction of sp³-hybridized carbons (Fsp3) is 0.704. The minimum Gasteiger partial charge on any atom is -0.270 e. The van der Waals surface area contributed by atoms with Gasteiger partial charge in [0.05, 0.1) is 0 Å². The summed E-state index contributed by atoms with van der Waals surface area (Å²) in [6.07, 6.45) is 16.2. The standard InChI is InChI=1S/C17H32NP.C10H18.Ti/c1-15(2,3)19(16(4,5)6,17(7,8)9)18-14-12-10-11-13-14;1-9(2)7-5-6-8-10(3)4;/h10-12H,13H2,1-9H3;5-10H,1-4H3;. The zero-order chi connectivity index (χ0) is 23.1. The van der Waals surface area contributed by atoms with Gasteiger partial charge in [-0.1, -0.05) is 126 Å². The number of hydrogen-bond donors (Lipinski definition) is 0. The van der Waals surface area contributed by atoms with Gasteiger partial charge in [-0.25, -0.2) is 0 Å². The van der Waals surface area contributed by atoms with Crippen LogP contribution >= 0.6 is 7.05 Å². The number of rotatable bonds is 4. The minimum atomic E-state index is -1.58. The molecule has 0 fully saturated rings. The molecule has 0 saturated heterocycles. The van der Waals surface area contributed by atoms with Crippen molar-refractivity contribution in [1.82, 2.24) is 0 Å². The second kappa shape index (κ2) is 12.8. The topological polar surface area (TPSA) is 12.4 Å². The van der Waals surface area contributed by atoms with E-state index >= 15 is 0 Å². The van der Waals surface area contributed by atoms with E-state index in [1.54, 1.807) is 0 Å². The minimum absolute atomic E-state index is 0. The molecule has 0 atom stereocenters. The Balaban J connectivity index is 0. The van der Waals surface area contributed by atoms with E-state index in [4.69, 9.17) is 4.74 Å². The second-order valence-electron chi connectivity index (χ2n) is 11.8. The van der Waals surface area contributed by atoms with Gasteiger partial charge in [0.1, 0.15) is 0 Å². The Labute approximate surface area is 204 Å². The molecule has 0 aromatic carbocycles. The molecule has 0 spiro atoms. The van der Waals surface area contributed by atoms with Crippen LogP contribution in [0.1, 0.15) is 96.4 Å². The molecule has 0 aliphatic heterocycles. The smallest absolute Gasteiger partial charge is 0.0425 e. The first-order valence-corrected chi connectivity index (χ1v) is 13.0. The van der Waals surface area contributed by atoms with Crippen LogP contribution in [0.3, 0.4) is 0 Å². The molecule has 3 heteroatoms. The van der Waals surface area contributed by atoms with E-state index in [0.717, 1.165) is 6.42 Å². The summed E-state index contributed by atoms with van der Waals surface area (Å²) in [7, 11) is -1.58. The average Bonchev–Trinajstić information content (AvgIpc) is 2.98. The molecule has 172 valence electrons. The normalized spacial score (nSPS) is 15.5. The summed E-state index contributed by atoms with van der Waals surface area (Å²) in [4.78, 5) is 0. The van der Waals surface area contributed by atoms with Gasteiger partial charge in [0.15, 0.2) is 0 Å². The third-order valence-electron chi connectivity index (χ3n) is 5.05. The van der Waals surface area contributed by atoms with Gasteiger partial charge in [-0.15, -0.1) is 0 Å². The quantitative estimate of drug-likeness (QED) is 0.222. The molecular weight excluding hydrogens is 417 g/mol. The molecule has 0 radical (unpaired) electrons. The molecule has 0 N–H and O–H groups in total. The van der Waals surface area contributed by atoms with Gasteiger partial charge in [-0.3, -0.25) is 4.74 Å². The SMILES string of the molecule is CC(C)(C)P(=NC1=CC=CC1)(C(C)(C)C)C(C)(C)C.CC(C)C=CC=CC(C)C.[Ti]. The Bertz CT molecular complexity index is 610. The van der Waals surface area contributed by atoms with E-state index < -0.39 is 7.05 Å². The zero-order valence-corrected chi connectivity index (χ0v) is 24.8. The first kappa shape index (κ1) is 32.1. The van der Waals surface area contributed by atoms with Crippen molar-refractivity contribution >= 4 is 7.05 Å². The van der Waals surface area contributed by atoms with Crippen LogP contribution in [0.2, 0.25) is 0 Å². The summed E-state index contributed by atoms with van der Waals surface area (Å²) in [5.41, 5.74) is 1.27. The first-order valence-electron chi connectivity index (χ1n) is 11.3. The van der Waals surface area contributed by atoms with Gasteiger partial charge >= 0.3 is 0 Å². The Morgan fingerprint density at radius 2 is 1.13 bits per heavy atom. The van der Waals surface area contributed by atoms with Crippen LogP contribution in [0, 0.1) is 11.8 Å². The Morgan fingerprint density at radius 1 is 0.767 bits per heavy atom. The van der Waals surface area contributed by atoms with E-state index in [-0.39, 0.29) is 37.2 Å². The van der Waals surface area contributed by atoms with E-state index in [9.17, 15) is 0 Å². The molecule has 0 unspecified atom stereocenters. The molecule has 1 aliphatic carbocycles. The fourth-order valence-electron chi connectivity index (χ4n) is 4.74. The van der Waals surface area contributed by atoms with Crippen molar-refractivity contribution in [3.05, 3.63) is 48.2 Å². The third-order valence-corrected chi connectivity index (χ3v) is 11.4. The van der Waals surface area contributed by atoms with E-state index in [1.165, 1.54) is 5.70 Å². The maximum Gasteiger partial charge on any atom is 0.0425 e. The molecule has 0 bridgehead atoms. The molecule has 1 nitrogen and oxygen atoms in total. The van der Waals surface area contributed by atoms with Crippen molar-refractivity contribution in [1.29, 1.82) is 0 Å². The number of hydrogen-bond acceptors (Lipinski definition) is 1. The fourth-order valence-corrected chi connectivity index (χ4v) is 12.2. The van der Waals surface area contributed by atoms with Crippen molar-refractivity contribution in [2.45, 2.75) is 112 Å². The van der Waals surface area contributed by atoms with Crippen LogP contribution in [0.5, 0.6) is 0 Å². The number of allylic oxidation sites excluding steroid dienone is 7. The van der Waals surface area contributed by atoms with Crippen molar-refractivity contribution < 1.29 is 21.7 Å². The van der Waals surface area contributed by atoms with Gasteiger partial charge < -0.3 is 0 Å². The van der Waals surface area contributed by atoms with Gasteiger partial charge in [0.2, 0.25) is 0 Å². The molecular formula is C27H50NPTi. The maximum atomic E-state index is 5.43. The summed E-state index contributed by atoms with van der Waals surface area (Å²) < 4.78 is 5.43. The summed E-state index contributed by atoms with van der Waals surface area (Å²) in [6.45, 7) is 30.1. The predicted molar refractivity (Wildman–Crippen MR) is 138 cm³/mol. The first-order chi connectivity index (χ1) is 13.0. The van der Waals surface area contributed by atoms with Crippen LogP contribution in [0.4, 0.5) is 0 Å². The zero-order valence-electron chi connectivity index (χ0n) is 22.3. The van der Waals surface area contributed by atoms with Gasteiger partial charge in [0, 0.05) is 33.8 Å². The molecule has 1 rings (SSSR count). The van der Waals surface area contributed by atoms with Crippen LogP contribution in [0.25, 0.3) is 0 Å².